The summed E-state index contributed by atoms with van der Waals surface area (Å²) in [6.45, 7) is 18.9. The van der Waals surface area contributed by atoms with E-state index in [2.05, 4.69) is 33.9 Å². The first-order valence-corrected chi connectivity index (χ1v) is 19.3. The van der Waals surface area contributed by atoms with Gasteiger partial charge in [-0.05, 0) is 51.4 Å². The van der Waals surface area contributed by atoms with Crippen molar-refractivity contribution in [3.8, 4) is 0 Å². The van der Waals surface area contributed by atoms with Gasteiger partial charge in [-0.15, -0.1) is 12.2 Å². The van der Waals surface area contributed by atoms with Crippen LogP contribution in [0.5, 0.6) is 0 Å². The van der Waals surface area contributed by atoms with Gasteiger partial charge in [-0.3, -0.25) is 0 Å². The second-order valence-corrected chi connectivity index (χ2v) is 23.4. The summed E-state index contributed by atoms with van der Waals surface area (Å²) in [6, 6.07) is 10.1. The van der Waals surface area contributed by atoms with E-state index in [1.165, 1.54) is 0 Å². The molecule has 1 aliphatic carbocycles. The lowest BCUT2D eigenvalue weighted by atomic mass is 9.85. The normalized spacial score (nSPS) is 35.8. The maximum Gasteiger partial charge on any atom is 0.192 e. The van der Waals surface area contributed by atoms with Crippen molar-refractivity contribution in [2.24, 2.45) is 0 Å². The second-order valence-electron chi connectivity index (χ2n) is 12.3. The topological polar surface area (TPSA) is 55.4 Å². The number of ether oxygens (including phenoxy) is 4. The van der Waals surface area contributed by atoms with Gasteiger partial charge >= 0.3 is 0 Å². The summed E-state index contributed by atoms with van der Waals surface area (Å²) >= 11 is 10.8. The largest absolute Gasteiger partial charge is 0.408 e. The van der Waals surface area contributed by atoms with Crippen molar-refractivity contribution in [3.05, 3.63) is 35.9 Å². The highest BCUT2D eigenvalue weighted by molar-refractivity contribution is 8.61. The van der Waals surface area contributed by atoms with Gasteiger partial charge < -0.3 is 27.9 Å². The standard InChI is InChI=1S/C25H41O6PS2Si/c1-23(2,3)35(8,9)31-22-19-17(26-24(4,5)28-19)21(18-20(22)29-25(6,7)27-18)30-32(33,34)15-16-13-11-10-12-14-16/h10-14,17-22H,15H2,1-9H3,(H,33,34)/t17-,18-,19-,20+,21?,22?/m1/s1. The van der Waals surface area contributed by atoms with Crippen LogP contribution in [0, 0.1) is 0 Å². The van der Waals surface area contributed by atoms with Crippen molar-refractivity contribution < 1.29 is 27.9 Å². The molecule has 7 atom stereocenters. The monoisotopic (exact) mass is 560 g/mol. The molecule has 2 heterocycles. The number of fused-ring (bicyclic) bond motifs is 2. The Morgan fingerprint density at radius 2 is 1.31 bits per heavy atom. The minimum atomic E-state index is -2.53. The lowest BCUT2D eigenvalue weighted by Crippen LogP contribution is -2.65. The Labute approximate surface area is 222 Å². The van der Waals surface area contributed by atoms with Crippen molar-refractivity contribution in [3.63, 3.8) is 0 Å². The molecule has 2 saturated heterocycles. The summed E-state index contributed by atoms with van der Waals surface area (Å²) in [6.07, 6.45) is -1.84. The Morgan fingerprint density at radius 1 is 0.886 bits per heavy atom. The molecule has 2 aliphatic heterocycles. The third kappa shape index (κ3) is 6.11. The fraction of sp³-hybridized carbons (Fsp3) is 0.760. The Hall–Kier alpha value is 0.197. The minimum absolute atomic E-state index is 0.0252. The third-order valence-electron chi connectivity index (χ3n) is 7.37. The number of hydrogen-bond acceptors (Lipinski definition) is 7. The molecular weight excluding hydrogens is 519 g/mol. The van der Waals surface area contributed by atoms with Gasteiger partial charge in [-0.1, -0.05) is 62.9 Å². The first-order chi connectivity index (χ1) is 15.9. The zero-order valence-corrected chi connectivity index (χ0v) is 25.9. The molecule has 3 aliphatic rings. The maximum atomic E-state index is 6.97. The number of benzene rings is 1. The molecule has 3 unspecified atom stereocenters. The molecule has 0 spiro atoms. The molecule has 0 amide bonds. The molecule has 35 heavy (non-hydrogen) atoms. The summed E-state index contributed by atoms with van der Waals surface area (Å²) in [5.41, 5.74) is -1.43. The summed E-state index contributed by atoms with van der Waals surface area (Å²) in [4.78, 5) is 0. The predicted molar refractivity (Wildman–Crippen MR) is 148 cm³/mol. The van der Waals surface area contributed by atoms with E-state index in [9.17, 15) is 0 Å². The number of rotatable bonds is 6. The quantitative estimate of drug-likeness (QED) is 0.251. The van der Waals surface area contributed by atoms with Gasteiger partial charge in [0.2, 0.25) is 0 Å². The highest BCUT2D eigenvalue weighted by Gasteiger charge is 2.65. The van der Waals surface area contributed by atoms with Crippen molar-refractivity contribution >= 4 is 37.8 Å². The van der Waals surface area contributed by atoms with E-state index >= 15 is 0 Å². The first kappa shape index (κ1) is 28.2. The van der Waals surface area contributed by atoms with Crippen LogP contribution >= 0.6 is 17.7 Å². The van der Waals surface area contributed by atoms with Crippen LogP contribution < -0.4 is 0 Å². The van der Waals surface area contributed by atoms with Crippen LogP contribution in [0.1, 0.15) is 54.0 Å². The van der Waals surface area contributed by atoms with Crippen molar-refractivity contribution in [2.75, 3.05) is 0 Å². The highest BCUT2D eigenvalue weighted by atomic mass is 32.9. The molecule has 0 bridgehead atoms. The molecule has 1 aromatic carbocycles. The zero-order chi connectivity index (χ0) is 26.0. The molecule has 0 radical (unpaired) electrons. The van der Waals surface area contributed by atoms with E-state index in [1.807, 2.05) is 58.0 Å². The van der Waals surface area contributed by atoms with E-state index in [4.69, 9.17) is 52.0 Å². The molecule has 3 fully saturated rings. The zero-order valence-electron chi connectivity index (χ0n) is 22.3. The van der Waals surface area contributed by atoms with Gasteiger partial charge in [-0.2, -0.15) is 0 Å². The predicted octanol–water partition coefficient (Wildman–Crippen LogP) is 6.26. The summed E-state index contributed by atoms with van der Waals surface area (Å²) in [5, 5.41) is 0.0252. The van der Waals surface area contributed by atoms with Crippen LogP contribution in [0.2, 0.25) is 18.1 Å². The van der Waals surface area contributed by atoms with Crippen molar-refractivity contribution in [1.29, 1.82) is 0 Å². The second kappa shape index (κ2) is 9.44. The molecule has 1 saturated carbocycles. The Kier molecular flexibility index (Phi) is 7.61. The van der Waals surface area contributed by atoms with Gasteiger partial charge in [0.25, 0.3) is 0 Å². The summed E-state index contributed by atoms with van der Waals surface area (Å²) < 4.78 is 39.5. The van der Waals surface area contributed by atoms with Crippen LogP contribution in [0.4, 0.5) is 0 Å². The smallest absolute Gasteiger partial charge is 0.192 e. The molecule has 0 N–H and O–H groups in total. The molecule has 198 valence electrons. The lowest BCUT2D eigenvalue weighted by Gasteiger charge is -2.48. The summed E-state index contributed by atoms with van der Waals surface area (Å²) in [7, 11) is -2.17. The average molecular weight is 561 g/mol. The first-order valence-electron chi connectivity index (χ1n) is 12.3. The van der Waals surface area contributed by atoms with Crippen LogP contribution in [0.15, 0.2) is 30.3 Å². The highest BCUT2D eigenvalue weighted by Crippen LogP contribution is 2.59. The van der Waals surface area contributed by atoms with Crippen LogP contribution in [-0.4, -0.2) is 56.5 Å². The van der Waals surface area contributed by atoms with Crippen molar-refractivity contribution in [1.82, 2.24) is 0 Å². The van der Waals surface area contributed by atoms with Crippen LogP contribution in [-0.2, 0) is 45.9 Å². The van der Waals surface area contributed by atoms with Gasteiger partial charge in [0, 0.05) is 6.16 Å². The van der Waals surface area contributed by atoms with E-state index in [0.29, 0.717) is 6.16 Å². The minimum Gasteiger partial charge on any atom is -0.408 e. The van der Waals surface area contributed by atoms with Gasteiger partial charge in [0.15, 0.2) is 19.9 Å². The van der Waals surface area contributed by atoms with Crippen LogP contribution in [0.3, 0.4) is 0 Å². The number of thiol groups is 1. The Morgan fingerprint density at radius 3 is 1.74 bits per heavy atom. The van der Waals surface area contributed by atoms with E-state index < -0.39 is 43.7 Å². The Balaban J connectivity index is 1.68. The lowest BCUT2D eigenvalue weighted by molar-refractivity contribution is -0.180. The third-order valence-corrected chi connectivity index (χ3v) is 14.5. The van der Waals surface area contributed by atoms with E-state index in [1.54, 1.807) is 0 Å². The SMILES string of the molecule is CC1(C)O[C@@H]2C(O[Si](C)(C)C(C)(C)C)[C@@H]3OC(C)(C)O[C@H]3C(OP(=S)(S)Cc3ccccc3)[C@@H]2O1. The Bertz CT molecular complexity index is 934. The fourth-order valence-electron chi connectivity index (χ4n) is 4.84. The average Bonchev–Trinajstić information content (AvgIpc) is 3.19. The van der Waals surface area contributed by atoms with Crippen molar-refractivity contribution in [2.45, 2.75) is 121 Å². The number of hydrogen-bond donors (Lipinski definition) is 1. The van der Waals surface area contributed by atoms with E-state index in [0.717, 1.165) is 5.56 Å². The van der Waals surface area contributed by atoms with Gasteiger partial charge in [0.1, 0.15) is 42.1 Å². The van der Waals surface area contributed by atoms with Crippen LogP contribution in [0.25, 0.3) is 0 Å². The molecular formula is C25H41O6PS2Si. The molecule has 4 rings (SSSR count). The fourth-order valence-corrected chi connectivity index (χ4v) is 9.07. The van der Waals surface area contributed by atoms with Gasteiger partial charge in [-0.25, -0.2) is 0 Å². The molecule has 0 aromatic heterocycles. The molecule has 1 aromatic rings. The summed E-state index contributed by atoms with van der Waals surface area (Å²) in [5.74, 6) is -1.59. The maximum absolute atomic E-state index is 6.97. The molecule has 10 heteroatoms. The van der Waals surface area contributed by atoms with E-state index in [-0.39, 0.29) is 23.4 Å². The molecule has 6 nitrogen and oxygen atoms in total. The van der Waals surface area contributed by atoms with Gasteiger partial charge in [0.05, 0.1) is 0 Å².